The van der Waals surface area contributed by atoms with Crippen LogP contribution in [0.2, 0.25) is 5.02 Å². The van der Waals surface area contributed by atoms with Gasteiger partial charge in [-0.15, -0.1) is 0 Å². The van der Waals surface area contributed by atoms with Crippen molar-refractivity contribution in [2.24, 2.45) is 23.2 Å². The molecule has 1 aromatic carbocycles. The Hall–Kier alpha value is -1.62. The number of hydrogen-bond acceptors (Lipinski definition) is 4. The molecule has 5 heteroatoms. The molecule has 166 valence electrons. The number of aliphatic hydroxyl groups is 1. The molecule has 1 aromatic rings. The molecule has 2 aliphatic carbocycles. The van der Waals surface area contributed by atoms with Gasteiger partial charge in [0.25, 0.3) is 0 Å². The van der Waals surface area contributed by atoms with E-state index in [0.29, 0.717) is 12.5 Å². The van der Waals surface area contributed by atoms with E-state index in [2.05, 4.69) is 43.0 Å². The first-order valence-electron chi connectivity index (χ1n) is 11.6. The number of esters is 1. The van der Waals surface area contributed by atoms with Crippen molar-refractivity contribution in [1.29, 1.82) is 0 Å². The zero-order chi connectivity index (χ0) is 21.8. The average molecular weight is 442 g/mol. The van der Waals surface area contributed by atoms with E-state index in [-0.39, 0.29) is 29.3 Å². The summed E-state index contributed by atoms with van der Waals surface area (Å²) in [5.41, 5.74) is 3.60. The van der Waals surface area contributed by atoms with Gasteiger partial charge in [0.15, 0.2) is 0 Å². The normalized spacial score (nSPS) is 38.1. The number of carbonyl (C=O) groups is 1. The molecular formula is C26H32ClNO3. The van der Waals surface area contributed by atoms with E-state index in [1.165, 1.54) is 16.7 Å². The van der Waals surface area contributed by atoms with Crippen LogP contribution in [-0.2, 0) is 9.53 Å². The van der Waals surface area contributed by atoms with Crippen molar-refractivity contribution in [2.75, 3.05) is 19.6 Å². The Morgan fingerprint density at radius 1 is 1.26 bits per heavy atom. The van der Waals surface area contributed by atoms with Crippen molar-refractivity contribution >= 4 is 23.1 Å². The molecule has 0 radical (unpaired) electrons. The maximum Gasteiger partial charge on any atom is 0.311 e. The molecular weight excluding hydrogens is 410 g/mol. The Bertz CT molecular complexity index is 923. The SMILES string of the molecule is C[C@@H]1CCC=C2C[C@H]3OC(=O)[C@H](CN4CC=C(c5ccc(Cl)cc5)CC4)[C@H]3[C@H](O)[C@@]21C. The molecule has 2 fully saturated rings. The van der Waals surface area contributed by atoms with Crippen LogP contribution in [0, 0.1) is 23.2 Å². The fourth-order valence-corrected chi connectivity index (χ4v) is 6.48. The van der Waals surface area contributed by atoms with Crippen LogP contribution < -0.4 is 0 Å². The molecule has 0 bridgehead atoms. The summed E-state index contributed by atoms with van der Waals surface area (Å²) in [6, 6.07) is 7.99. The van der Waals surface area contributed by atoms with Crippen molar-refractivity contribution in [1.82, 2.24) is 4.90 Å². The fourth-order valence-electron chi connectivity index (χ4n) is 6.36. The fraction of sp³-hybridized carbons (Fsp3) is 0.577. The molecule has 0 amide bonds. The van der Waals surface area contributed by atoms with Crippen LogP contribution in [-0.4, -0.2) is 47.8 Å². The van der Waals surface area contributed by atoms with Crippen LogP contribution in [0.25, 0.3) is 5.57 Å². The van der Waals surface area contributed by atoms with Gasteiger partial charge in [-0.1, -0.05) is 55.3 Å². The maximum absolute atomic E-state index is 12.9. The third-order valence-electron chi connectivity index (χ3n) is 8.53. The molecule has 31 heavy (non-hydrogen) atoms. The number of hydrogen-bond donors (Lipinski definition) is 1. The van der Waals surface area contributed by atoms with Gasteiger partial charge >= 0.3 is 5.97 Å². The molecule has 6 atom stereocenters. The van der Waals surface area contributed by atoms with Gasteiger partial charge in [-0.05, 0) is 48.4 Å². The maximum atomic E-state index is 12.9. The minimum Gasteiger partial charge on any atom is -0.461 e. The van der Waals surface area contributed by atoms with E-state index in [4.69, 9.17) is 16.3 Å². The van der Waals surface area contributed by atoms with Crippen LogP contribution in [0.15, 0.2) is 42.0 Å². The van der Waals surface area contributed by atoms with Gasteiger partial charge in [0, 0.05) is 42.4 Å². The monoisotopic (exact) mass is 441 g/mol. The molecule has 1 saturated carbocycles. The smallest absolute Gasteiger partial charge is 0.311 e. The molecule has 1 N–H and O–H groups in total. The minimum atomic E-state index is -0.533. The summed E-state index contributed by atoms with van der Waals surface area (Å²) in [4.78, 5) is 15.2. The molecule has 2 aliphatic heterocycles. The quantitative estimate of drug-likeness (QED) is 0.545. The Balaban J connectivity index is 1.31. The molecule has 1 saturated heterocycles. The first-order valence-corrected chi connectivity index (χ1v) is 12.0. The van der Waals surface area contributed by atoms with E-state index in [9.17, 15) is 9.90 Å². The Kier molecular flexibility index (Phi) is 5.52. The van der Waals surface area contributed by atoms with Gasteiger partial charge in [-0.3, -0.25) is 9.69 Å². The molecule has 0 unspecified atom stereocenters. The number of allylic oxidation sites excluding steroid dienone is 1. The number of aliphatic hydroxyl groups excluding tert-OH is 1. The van der Waals surface area contributed by atoms with Crippen LogP contribution >= 0.6 is 11.6 Å². The lowest BCUT2D eigenvalue weighted by Gasteiger charge is -2.52. The lowest BCUT2D eigenvalue weighted by Crippen LogP contribution is -2.54. The summed E-state index contributed by atoms with van der Waals surface area (Å²) in [5, 5.41) is 12.3. The van der Waals surface area contributed by atoms with Gasteiger partial charge in [0.1, 0.15) is 6.10 Å². The predicted molar refractivity (Wildman–Crippen MR) is 123 cm³/mol. The number of ether oxygens (including phenoxy) is 1. The van der Waals surface area contributed by atoms with Crippen LogP contribution in [0.4, 0.5) is 0 Å². The summed E-state index contributed by atoms with van der Waals surface area (Å²) in [6.45, 7) is 6.83. The second-order valence-electron chi connectivity index (χ2n) is 10.0. The van der Waals surface area contributed by atoms with E-state index in [1.807, 2.05) is 12.1 Å². The third-order valence-corrected chi connectivity index (χ3v) is 8.79. The Labute approximate surface area is 189 Å². The molecule has 0 spiro atoms. The highest BCUT2D eigenvalue weighted by atomic mass is 35.5. The summed E-state index contributed by atoms with van der Waals surface area (Å²) in [5.74, 6) is -0.0773. The van der Waals surface area contributed by atoms with Crippen molar-refractivity contribution in [3.63, 3.8) is 0 Å². The van der Waals surface area contributed by atoms with Gasteiger partial charge in [0.05, 0.1) is 12.0 Å². The average Bonchev–Trinajstić information content (AvgIpc) is 3.07. The summed E-state index contributed by atoms with van der Waals surface area (Å²) in [7, 11) is 0. The third kappa shape index (κ3) is 3.57. The van der Waals surface area contributed by atoms with Crippen molar-refractivity contribution in [2.45, 2.75) is 51.7 Å². The first-order chi connectivity index (χ1) is 14.9. The highest BCUT2D eigenvalue weighted by Gasteiger charge is 2.59. The standard InChI is InChI=1S/C26H32ClNO3/c1-16-4-3-5-19-14-22-23(24(29)26(16,19)2)21(25(30)31-22)15-28-12-10-18(11-13-28)17-6-8-20(27)9-7-17/h5-10,16,21-24,29H,3-4,11-15H2,1-2H3/t16-,21-,22-,23-,24+,26-/m1/s1. The first kappa shape index (κ1) is 21.2. The molecule has 5 rings (SSSR count). The van der Waals surface area contributed by atoms with E-state index >= 15 is 0 Å². The van der Waals surface area contributed by atoms with Crippen molar-refractivity contribution in [3.05, 3.63) is 52.6 Å². The Morgan fingerprint density at radius 3 is 2.74 bits per heavy atom. The summed E-state index contributed by atoms with van der Waals surface area (Å²) < 4.78 is 5.83. The highest BCUT2D eigenvalue weighted by molar-refractivity contribution is 6.30. The van der Waals surface area contributed by atoms with E-state index in [0.717, 1.165) is 43.8 Å². The van der Waals surface area contributed by atoms with Crippen molar-refractivity contribution in [3.8, 4) is 0 Å². The number of benzene rings is 1. The minimum absolute atomic E-state index is 0.114. The van der Waals surface area contributed by atoms with Crippen molar-refractivity contribution < 1.29 is 14.6 Å². The largest absolute Gasteiger partial charge is 0.461 e. The number of halogens is 1. The number of fused-ring (bicyclic) bond motifs is 2. The topological polar surface area (TPSA) is 49.8 Å². The van der Waals surface area contributed by atoms with E-state index < -0.39 is 6.10 Å². The predicted octanol–water partition coefficient (Wildman–Crippen LogP) is 4.71. The second-order valence-corrected chi connectivity index (χ2v) is 10.5. The van der Waals surface area contributed by atoms with E-state index in [1.54, 1.807) is 0 Å². The van der Waals surface area contributed by atoms with Crippen LogP contribution in [0.5, 0.6) is 0 Å². The van der Waals surface area contributed by atoms with Crippen LogP contribution in [0.3, 0.4) is 0 Å². The molecule has 4 aliphatic rings. The lowest BCUT2D eigenvalue weighted by atomic mass is 9.55. The number of carbonyl (C=O) groups excluding carboxylic acids is 1. The Morgan fingerprint density at radius 2 is 2.03 bits per heavy atom. The van der Waals surface area contributed by atoms with Gasteiger partial charge in [-0.2, -0.15) is 0 Å². The molecule has 4 nitrogen and oxygen atoms in total. The summed E-state index contributed by atoms with van der Waals surface area (Å²) in [6.07, 6.45) is 7.72. The van der Waals surface area contributed by atoms with Crippen LogP contribution in [0.1, 0.15) is 45.1 Å². The zero-order valence-corrected chi connectivity index (χ0v) is 19.1. The number of rotatable bonds is 3. The molecule has 0 aromatic heterocycles. The van der Waals surface area contributed by atoms with Gasteiger partial charge < -0.3 is 9.84 Å². The zero-order valence-electron chi connectivity index (χ0n) is 18.4. The summed E-state index contributed by atoms with van der Waals surface area (Å²) >= 11 is 6.02. The van der Waals surface area contributed by atoms with Gasteiger partial charge in [-0.25, -0.2) is 0 Å². The number of nitrogens with zero attached hydrogens (tertiary/aromatic N) is 1. The second kappa shape index (κ2) is 8.06. The lowest BCUT2D eigenvalue weighted by molar-refractivity contribution is -0.145. The highest BCUT2D eigenvalue weighted by Crippen LogP contribution is 2.56. The molecule has 2 heterocycles. The van der Waals surface area contributed by atoms with Gasteiger partial charge in [0.2, 0.25) is 0 Å².